The van der Waals surface area contributed by atoms with Gasteiger partial charge in [0.2, 0.25) is 0 Å². The summed E-state index contributed by atoms with van der Waals surface area (Å²) in [5.41, 5.74) is 6.54. The molecule has 0 radical (unpaired) electrons. The quantitative estimate of drug-likeness (QED) is 0.795. The lowest BCUT2D eigenvalue weighted by Gasteiger charge is -2.38. The Labute approximate surface area is 101 Å². The molecule has 16 heavy (non-hydrogen) atoms. The van der Waals surface area contributed by atoms with Gasteiger partial charge in [0.15, 0.2) is 0 Å². The molecule has 1 aliphatic heterocycles. The highest BCUT2D eigenvalue weighted by Crippen LogP contribution is 2.38. The van der Waals surface area contributed by atoms with Gasteiger partial charge in [0.25, 0.3) is 0 Å². The van der Waals surface area contributed by atoms with E-state index in [-0.39, 0.29) is 0 Å². The average molecular weight is 224 g/mol. The van der Waals surface area contributed by atoms with Crippen molar-refractivity contribution in [3.05, 3.63) is 0 Å². The predicted octanol–water partition coefficient (Wildman–Crippen LogP) is 2.77. The molecule has 1 saturated carbocycles. The summed E-state index contributed by atoms with van der Waals surface area (Å²) in [6, 6.07) is 0. The topological polar surface area (TPSA) is 29.3 Å². The highest BCUT2D eigenvalue weighted by atomic mass is 15.1. The van der Waals surface area contributed by atoms with Crippen LogP contribution in [0.4, 0.5) is 0 Å². The number of hydrogen-bond donors (Lipinski definition) is 1. The molecular weight excluding hydrogens is 196 g/mol. The van der Waals surface area contributed by atoms with E-state index in [1.54, 1.807) is 0 Å². The number of piperidine rings is 1. The van der Waals surface area contributed by atoms with Gasteiger partial charge >= 0.3 is 0 Å². The molecule has 0 amide bonds. The Morgan fingerprint density at radius 1 is 0.875 bits per heavy atom. The summed E-state index contributed by atoms with van der Waals surface area (Å²) < 4.78 is 0. The van der Waals surface area contributed by atoms with Crippen LogP contribution in [0.5, 0.6) is 0 Å². The van der Waals surface area contributed by atoms with Crippen molar-refractivity contribution in [2.24, 2.45) is 11.1 Å². The standard InChI is InChI=1S/C14H28N2/c15-13-14(7-3-1-4-8-14)9-12-16-10-5-2-6-11-16/h1-13,15H2. The minimum absolute atomic E-state index is 0.510. The average Bonchev–Trinajstić information content (AvgIpc) is 2.39. The van der Waals surface area contributed by atoms with Crippen LogP contribution in [0.15, 0.2) is 0 Å². The molecule has 1 saturated heterocycles. The van der Waals surface area contributed by atoms with E-state index in [4.69, 9.17) is 5.73 Å². The third kappa shape index (κ3) is 3.21. The number of nitrogens with zero attached hydrogens (tertiary/aromatic N) is 1. The lowest BCUT2D eigenvalue weighted by atomic mass is 9.72. The second-order valence-corrected chi connectivity index (χ2v) is 5.92. The Balaban J connectivity index is 1.77. The summed E-state index contributed by atoms with van der Waals surface area (Å²) in [5, 5.41) is 0. The molecule has 2 fully saturated rings. The van der Waals surface area contributed by atoms with E-state index < -0.39 is 0 Å². The lowest BCUT2D eigenvalue weighted by molar-refractivity contribution is 0.136. The van der Waals surface area contributed by atoms with Crippen LogP contribution in [0, 0.1) is 5.41 Å². The van der Waals surface area contributed by atoms with Crippen LogP contribution in [0.2, 0.25) is 0 Å². The number of nitrogens with two attached hydrogens (primary N) is 1. The van der Waals surface area contributed by atoms with E-state index in [1.165, 1.54) is 77.4 Å². The lowest BCUT2D eigenvalue weighted by Crippen LogP contribution is -2.38. The highest BCUT2D eigenvalue weighted by Gasteiger charge is 2.30. The van der Waals surface area contributed by atoms with Gasteiger partial charge in [-0.05, 0) is 63.7 Å². The molecule has 1 heterocycles. The van der Waals surface area contributed by atoms with Crippen molar-refractivity contribution in [3.63, 3.8) is 0 Å². The van der Waals surface area contributed by atoms with Crippen LogP contribution < -0.4 is 5.73 Å². The van der Waals surface area contributed by atoms with E-state index in [9.17, 15) is 0 Å². The molecule has 0 spiro atoms. The van der Waals surface area contributed by atoms with Gasteiger partial charge in [0, 0.05) is 0 Å². The van der Waals surface area contributed by atoms with E-state index in [2.05, 4.69) is 4.90 Å². The summed E-state index contributed by atoms with van der Waals surface area (Å²) in [5.74, 6) is 0. The Morgan fingerprint density at radius 3 is 2.12 bits per heavy atom. The van der Waals surface area contributed by atoms with Gasteiger partial charge in [-0.3, -0.25) is 0 Å². The first kappa shape index (κ1) is 12.4. The minimum atomic E-state index is 0.510. The SMILES string of the molecule is NCC1(CCN2CCCCC2)CCCCC1. The minimum Gasteiger partial charge on any atom is -0.330 e. The first-order valence-electron chi connectivity index (χ1n) is 7.27. The summed E-state index contributed by atoms with van der Waals surface area (Å²) in [7, 11) is 0. The van der Waals surface area contributed by atoms with E-state index in [0.29, 0.717) is 5.41 Å². The molecule has 2 aliphatic rings. The van der Waals surface area contributed by atoms with Gasteiger partial charge < -0.3 is 10.6 Å². The molecule has 0 bridgehead atoms. The molecule has 2 heteroatoms. The van der Waals surface area contributed by atoms with Gasteiger partial charge in [-0.1, -0.05) is 25.7 Å². The number of rotatable bonds is 4. The molecule has 0 aromatic rings. The maximum Gasteiger partial charge on any atom is -0.00130 e. The van der Waals surface area contributed by atoms with Gasteiger partial charge in [-0.2, -0.15) is 0 Å². The smallest absolute Gasteiger partial charge is 0.00130 e. The fourth-order valence-corrected chi connectivity index (χ4v) is 3.44. The fraction of sp³-hybridized carbons (Fsp3) is 1.00. The third-order valence-corrected chi connectivity index (χ3v) is 4.75. The zero-order valence-electron chi connectivity index (χ0n) is 10.7. The number of hydrogen-bond acceptors (Lipinski definition) is 2. The van der Waals surface area contributed by atoms with Crippen LogP contribution in [0.3, 0.4) is 0 Å². The van der Waals surface area contributed by atoms with Crippen molar-refractivity contribution in [1.29, 1.82) is 0 Å². The van der Waals surface area contributed by atoms with Gasteiger partial charge in [-0.25, -0.2) is 0 Å². The Morgan fingerprint density at radius 2 is 1.50 bits per heavy atom. The maximum atomic E-state index is 6.04. The van der Waals surface area contributed by atoms with Crippen molar-refractivity contribution in [1.82, 2.24) is 4.90 Å². The molecule has 2 rings (SSSR count). The molecule has 94 valence electrons. The van der Waals surface area contributed by atoms with Crippen molar-refractivity contribution in [2.45, 2.75) is 57.8 Å². The van der Waals surface area contributed by atoms with Crippen LogP contribution in [-0.2, 0) is 0 Å². The summed E-state index contributed by atoms with van der Waals surface area (Å²) >= 11 is 0. The molecule has 2 nitrogen and oxygen atoms in total. The van der Waals surface area contributed by atoms with Crippen molar-refractivity contribution >= 4 is 0 Å². The van der Waals surface area contributed by atoms with E-state index >= 15 is 0 Å². The van der Waals surface area contributed by atoms with Gasteiger partial charge in [0.05, 0.1) is 0 Å². The summed E-state index contributed by atoms with van der Waals surface area (Å²) in [4.78, 5) is 2.66. The largest absolute Gasteiger partial charge is 0.330 e. The Bertz CT molecular complexity index is 191. The fourth-order valence-electron chi connectivity index (χ4n) is 3.44. The predicted molar refractivity (Wildman–Crippen MR) is 69.5 cm³/mol. The summed E-state index contributed by atoms with van der Waals surface area (Å²) in [6.07, 6.45) is 12.7. The molecule has 0 aromatic carbocycles. The zero-order valence-corrected chi connectivity index (χ0v) is 10.7. The zero-order chi connectivity index (χ0) is 11.3. The van der Waals surface area contributed by atoms with Crippen molar-refractivity contribution in [2.75, 3.05) is 26.2 Å². The van der Waals surface area contributed by atoms with E-state index in [0.717, 1.165) is 6.54 Å². The molecule has 0 atom stereocenters. The number of likely N-dealkylation sites (tertiary alicyclic amines) is 1. The molecular formula is C14H28N2. The van der Waals surface area contributed by atoms with Crippen LogP contribution >= 0.6 is 0 Å². The van der Waals surface area contributed by atoms with Crippen LogP contribution in [0.1, 0.15) is 57.8 Å². The van der Waals surface area contributed by atoms with Crippen molar-refractivity contribution < 1.29 is 0 Å². The molecule has 0 aromatic heterocycles. The molecule has 2 N–H and O–H groups in total. The molecule has 1 aliphatic carbocycles. The second kappa shape index (κ2) is 6.02. The highest BCUT2D eigenvalue weighted by molar-refractivity contribution is 4.85. The maximum absolute atomic E-state index is 6.04. The third-order valence-electron chi connectivity index (χ3n) is 4.75. The molecule has 0 unspecified atom stereocenters. The van der Waals surface area contributed by atoms with E-state index in [1.807, 2.05) is 0 Å². The van der Waals surface area contributed by atoms with Gasteiger partial charge in [-0.15, -0.1) is 0 Å². The Hall–Kier alpha value is -0.0800. The van der Waals surface area contributed by atoms with Crippen LogP contribution in [0.25, 0.3) is 0 Å². The van der Waals surface area contributed by atoms with Crippen LogP contribution in [-0.4, -0.2) is 31.1 Å². The first-order valence-corrected chi connectivity index (χ1v) is 7.27. The second-order valence-electron chi connectivity index (χ2n) is 5.92. The van der Waals surface area contributed by atoms with Gasteiger partial charge in [0.1, 0.15) is 0 Å². The normalized spacial score (nSPS) is 26.8. The monoisotopic (exact) mass is 224 g/mol. The summed E-state index contributed by atoms with van der Waals surface area (Å²) in [6.45, 7) is 4.89. The van der Waals surface area contributed by atoms with Crippen molar-refractivity contribution in [3.8, 4) is 0 Å². The Kier molecular flexibility index (Phi) is 4.66. The first-order chi connectivity index (χ1) is 7.85.